The lowest BCUT2D eigenvalue weighted by Gasteiger charge is -2.05. The van der Waals surface area contributed by atoms with E-state index in [-0.39, 0.29) is 0 Å². The Morgan fingerprint density at radius 1 is 1.09 bits per heavy atom. The van der Waals surface area contributed by atoms with E-state index < -0.39 is 0 Å². The first kappa shape index (κ1) is 12.8. The summed E-state index contributed by atoms with van der Waals surface area (Å²) in [6.07, 6.45) is 8.56. The number of hydrogen-bond donors (Lipinski definition) is 1. The molecule has 0 aliphatic rings. The molecule has 3 heterocycles. The Labute approximate surface area is 127 Å². The van der Waals surface area contributed by atoms with Gasteiger partial charge in [-0.1, -0.05) is 23.4 Å². The molecule has 0 bridgehead atoms. The van der Waals surface area contributed by atoms with Crippen LogP contribution in [0.5, 0.6) is 0 Å². The maximum absolute atomic E-state index is 4.18. The summed E-state index contributed by atoms with van der Waals surface area (Å²) in [6.45, 7) is 1.80. The van der Waals surface area contributed by atoms with E-state index in [4.69, 9.17) is 0 Å². The minimum absolute atomic E-state index is 0.752. The van der Waals surface area contributed by atoms with Crippen LogP contribution in [-0.4, -0.2) is 29.5 Å². The quantitative estimate of drug-likeness (QED) is 0.615. The van der Waals surface area contributed by atoms with Crippen LogP contribution in [-0.2, 0) is 13.1 Å². The molecule has 0 unspecified atom stereocenters. The number of nitrogens with zero attached hydrogens (tertiary/aromatic N) is 5. The molecule has 4 rings (SSSR count). The van der Waals surface area contributed by atoms with Crippen molar-refractivity contribution < 1.29 is 0 Å². The molecule has 3 aromatic heterocycles. The first-order valence-electron chi connectivity index (χ1n) is 7.34. The molecule has 0 fully saturated rings. The molecule has 6 heteroatoms. The van der Waals surface area contributed by atoms with Crippen molar-refractivity contribution in [2.45, 2.75) is 19.5 Å². The van der Waals surface area contributed by atoms with Crippen molar-refractivity contribution >= 4 is 10.9 Å². The summed E-state index contributed by atoms with van der Waals surface area (Å²) in [7, 11) is 0. The summed E-state index contributed by atoms with van der Waals surface area (Å²) in [5, 5.41) is 9.57. The van der Waals surface area contributed by atoms with E-state index in [0.29, 0.717) is 0 Å². The molecular weight excluding hydrogens is 276 g/mol. The molecule has 4 aromatic rings. The third kappa shape index (κ3) is 2.39. The molecule has 22 heavy (non-hydrogen) atoms. The standard InChI is InChI=1S/C16H16N6/c1-2-5-15-13(4-1)6-11-21(15)9-3-10-22-12-14(19-20-22)16-17-7-8-18-16/h1-2,4-8,11-12H,3,9-10H2,(H,17,18). The van der Waals surface area contributed by atoms with Gasteiger partial charge in [-0.2, -0.15) is 0 Å². The van der Waals surface area contributed by atoms with Gasteiger partial charge in [0.15, 0.2) is 5.82 Å². The summed E-state index contributed by atoms with van der Waals surface area (Å²) in [6, 6.07) is 10.6. The number of H-pyrrole nitrogens is 1. The highest BCUT2D eigenvalue weighted by atomic mass is 15.4. The van der Waals surface area contributed by atoms with Gasteiger partial charge in [-0.05, 0) is 23.9 Å². The number of fused-ring (bicyclic) bond motifs is 1. The molecule has 6 nitrogen and oxygen atoms in total. The van der Waals surface area contributed by atoms with Gasteiger partial charge in [-0.15, -0.1) is 5.10 Å². The molecule has 0 aliphatic carbocycles. The SMILES string of the molecule is c1ccc2c(c1)ccn2CCCn1cc(-c2ncc[nH]2)nn1. The lowest BCUT2D eigenvalue weighted by atomic mass is 10.2. The Bertz CT molecular complexity index is 871. The maximum Gasteiger partial charge on any atom is 0.159 e. The summed E-state index contributed by atoms with van der Waals surface area (Å²) in [4.78, 5) is 7.21. The average Bonchev–Trinajstić information content (AvgIpc) is 3.28. The van der Waals surface area contributed by atoms with Crippen LogP contribution in [0.25, 0.3) is 22.4 Å². The average molecular weight is 292 g/mol. The molecule has 0 amide bonds. The summed E-state index contributed by atoms with van der Waals surface area (Å²) in [5.74, 6) is 0.752. The Hall–Kier alpha value is -2.89. The number of imidazole rings is 1. The van der Waals surface area contributed by atoms with Crippen LogP contribution in [0.15, 0.2) is 55.1 Å². The Morgan fingerprint density at radius 3 is 2.95 bits per heavy atom. The number of rotatable bonds is 5. The van der Waals surface area contributed by atoms with Gasteiger partial charge in [0.05, 0.1) is 6.20 Å². The number of aromatic amines is 1. The lowest BCUT2D eigenvalue weighted by molar-refractivity contribution is 0.520. The zero-order chi connectivity index (χ0) is 14.8. The fraction of sp³-hybridized carbons (Fsp3) is 0.188. The van der Waals surface area contributed by atoms with E-state index in [1.165, 1.54) is 10.9 Å². The van der Waals surface area contributed by atoms with Gasteiger partial charge in [0.25, 0.3) is 0 Å². The van der Waals surface area contributed by atoms with Crippen LogP contribution in [0.2, 0.25) is 0 Å². The number of hydrogen-bond acceptors (Lipinski definition) is 3. The second-order valence-corrected chi connectivity index (χ2v) is 5.23. The second kappa shape index (κ2) is 5.48. The zero-order valence-corrected chi connectivity index (χ0v) is 12.1. The highest BCUT2D eigenvalue weighted by Gasteiger charge is 2.05. The zero-order valence-electron chi connectivity index (χ0n) is 12.1. The van der Waals surface area contributed by atoms with E-state index >= 15 is 0 Å². The molecule has 0 saturated carbocycles. The molecule has 1 N–H and O–H groups in total. The predicted molar refractivity (Wildman–Crippen MR) is 84.2 cm³/mol. The predicted octanol–water partition coefficient (Wildman–Crippen LogP) is 2.71. The third-order valence-electron chi connectivity index (χ3n) is 3.75. The van der Waals surface area contributed by atoms with Crippen molar-refractivity contribution in [3.8, 4) is 11.5 Å². The second-order valence-electron chi connectivity index (χ2n) is 5.23. The number of benzene rings is 1. The van der Waals surface area contributed by atoms with E-state index in [1.54, 1.807) is 12.4 Å². The molecular formula is C16H16N6. The molecule has 0 aliphatic heterocycles. The monoisotopic (exact) mass is 292 g/mol. The smallest absolute Gasteiger partial charge is 0.159 e. The first-order chi connectivity index (χ1) is 10.9. The highest BCUT2D eigenvalue weighted by molar-refractivity contribution is 5.79. The number of aryl methyl sites for hydroxylation is 2. The van der Waals surface area contributed by atoms with Crippen LogP contribution in [0, 0.1) is 0 Å². The number of nitrogens with one attached hydrogen (secondary N) is 1. The molecule has 0 atom stereocenters. The van der Waals surface area contributed by atoms with Crippen LogP contribution in [0.3, 0.4) is 0 Å². The topological polar surface area (TPSA) is 64.3 Å². The van der Waals surface area contributed by atoms with Crippen LogP contribution < -0.4 is 0 Å². The minimum Gasteiger partial charge on any atom is -0.347 e. The van der Waals surface area contributed by atoms with E-state index in [0.717, 1.165) is 31.0 Å². The highest BCUT2D eigenvalue weighted by Crippen LogP contribution is 2.15. The van der Waals surface area contributed by atoms with Gasteiger partial charge < -0.3 is 9.55 Å². The normalized spacial score (nSPS) is 11.3. The minimum atomic E-state index is 0.752. The summed E-state index contributed by atoms with van der Waals surface area (Å²) < 4.78 is 4.14. The van der Waals surface area contributed by atoms with Gasteiger partial charge >= 0.3 is 0 Å². The van der Waals surface area contributed by atoms with Crippen molar-refractivity contribution in [1.29, 1.82) is 0 Å². The molecule has 110 valence electrons. The van der Waals surface area contributed by atoms with Crippen LogP contribution in [0.1, 0.15) is 6.42 Å². The Morgan fingerprint density at radius 2 is 2.05 bits per heavy atom. The summed E-state index contributed by atoms with van der Waals surface area (Å²) >= 11 is 0. The Balaban J connectivity index is 1.41. The van der Waals surface area contributed by atoms with Gasteiger partial charge in [0.2, 0.25) is 0 Å². The lowest BCUT2D eigenvalue weighted by Crippen LogP contribution is -2.04. The van der Waals surface area contributed by atoms with Crippen molar-refractivity contribution in [3.63, 3.8) is 0 Å². The number of para-hydroxylation sites is 1. The maximum atomic E-state index is 4.18. The number of aromatic nitrogens is 6. The fourth-order valence-electron chi connectivity index (χ4n) is 2.66. The molecule has 1 aromatic carbocycles. The molecule has 0 spiro atoms. The van der Waals surface area contributed by atoms with Crippen LogP contribution >= 0.6 is 0 Å². The van der Waals surface area contributed by atoms with Gasteiger partial charge in [0.1, 0.15) is 5.69 Å². The van der Waals surface area contributed by atoms with Crippen molar-refractivity contribution in [2.24, 2.45) is 0 Å². The van der Waals surface area contributed by atoms with E-state index in [1.807, 2.05) is 10.9 Å². The summed E-state index contributed by atoms with van der Waals surface area (Å²) in [5.41, 5.74) is 2.05. The molecule has 0 radical (unpaired) electrons. The largest absolute Gasteiger partial charge is 0.347 e. The van der Waals surface area contributed by atoms with Gasteiger partial charge in [0, 0.05) is 37.2 Å². The fourth-order valence-corrected chi connectivity index (χ4v) is 2.66. The first-order valence-corrected chi connectivity index (χ1v) is 7.34. The van der Waals surface area contributed by atoms with Gasteiger partial charge in [-0.25, -0.2) is 4.98 Å². The van der Waals surface area contributed by atoms with Crippen molar-refractivity contribution in [3.05, 3.63) is 55.1 Å². The van der Waals surface area contributed by atoms with Crippen LogP contribution in [0.4, 0.5) is 0 Å². The van der Waals surface area contributed by atoms with Crippen molar-refractivity contribution in [2.75, 3.05) is 0 Å². The van der Waals surface area contributed by atoms with Crippen molar-refractivity contribution in [1.82, 2.24) is 29.5 Å². The molecule has 0 saturated heterocycles. The van der Waals surface area contributed by atoms with E-state index in [9.17, 15) is 0 Å². The van der Waals surface area contributed by atoms with E-state index in [2.05, 4.69) is 61.4 Å². The Kier molecular flexibility index (Phi) is 3.19. The third-order valence-corrected chi connectivity index (χ3v) is 3.75. The van der Waals surface area contributed by atoms with Gasteiger partial charge in [-0.3, -0.25) is 4.68 Å².